The fourth-order valence-electron chi connectivity index (χ4n) is 1.67. The first-order valence-electron chi connectivity index (χ1n) is 5.12. The molecule has 0 fully saturated rings. The smallest absolute Gasteiger partial charge is 0.312 e. The number of carboxylic acids is 1. The van der Waals surface area contributed by atoms with Crippen LogP contribution in [-0.4, -0.2) is 17.6 Å². The van der Waals surface area contributed by atoms with Crippen LogP contribution in [0.3, 0.4) is 0 Å². The molecule has 0 aliphatic heterocycles. The van der Waals surface area contributed by atoms with Crippen LogP contribution < -0.4 is 5.73 Å². The van der Waals surface area contributed by atoms with E-state index in [0.717, 1.165) is 12.0 Å². The molecule has 1 atom stereocenters. The van der Waals surface area contributed by atoms with Gasteiger partial charge in [0.15, 0.2) is 0 Å². The summed E-state index contributed by atoms with van der Waals surface area (Å²) in [6, 6.07) is 5.75. The van der Waals surface area contributed by atoms with Crippen molar-refractivity contribution in [1.82, 2.24) is 0 Å². The molecule has 0 spiro atoms. The van der Waals surface area contributed by atoms with Gasteiger partial charge in [-0.2, -0.15) is 0 Å². The third kappa shape index (κ3) is 2.57. The average molecular weight is 207 g/mol. The van der Waals surface area contributed by atoms with Gasteiger partial charge in [0.2, 0.25) is 0 Å². The number of benzene rings is 1. The standard InChI is InChI=1S/C12H17NO2/c1-3-9-6-10(5-4-8(9)2)11(7-13)12(14)15/h4-6,11H,3,7,13H2,1-2H3,(H,14,15). The molecule has 0 saturated heterocycles. The topological polar surface area (TPSA) is 63.3 Å². The van der Waals surface area contributed by atoms with Gasteiger partial charge in [0.1, 0.15) is 0 Å². The first-order chi connectivity index (χ1) is 7.10. The molecule has 3 heteroatoms. The highest BCUT2D eigenvalue weighted by Gasteiger charge is 2.18. The Labute approximate surface area is 89.9 Å². The van der Waals surface area contributed by atoms with Crippen LogP contribution in [0, 0.1) is 6.92 Å². The summed E-state index contributed by atoms with van der Waals surface area (Å²) in [5, 5.41) is 8.98. The molecule has 3 N–H and O–H groups in total. The highest BCUT2D eigenvalue weighted by Crippen LogP contribution is 2.19. The number of hydrogen-bond donors (Lipinski definition) is 2. The van der Waals surface area contributed by atoms with E-state index in [2.05, 4.69) is 6.92 Å². The van der Waals surface area contributed by atoms with E-state index in [0.29, 0.717) is 0 Å². The maximum Gasteiger partial charge on any atom is 0.312 e. The second-order valence-corrected chi connectivity index (χ2v) is 3.67. The zero-order valence-electron chi connectivity index (χ0n) is 9.16. The van der Waals surface area contributed by atoms with Crippen LogP contribution in [-0.2, 0) is 11.2 Å². The van der Waals surface area contributed by atoms with E-state index in [1.807, 2.05) is 25.1 Å². The normalized spacial score (nSPS) is 12.5. The molecule has 0 amide bonds. The number of aliphatic carboxylic acids is 1. The third-order valence-corrected chi connectivity index (χ3v) is 2.69. The van der Waals surface area contributed by atoms with Crippen molar-refractivity contribution < 1.29 is 9.90 Å². The quantitative estimate of drug-likeness (QED) is 0.789. The van der Waals surface area contributed by atoms with Gasteiger partial charge in [0.05, 0.1) is 5.92 Å². The minimum Gasteiger partial charge on any atom is -0.481 e. The minimum absolute atomic E-state index is 0.140. The Morgan fingerprint density at radius 1 is 1.53 bits per heavy atom. The first-order valence-corrected chi connectivity index (χ1v) is 5.12. The summed E-state index contributed by atoms with van der Waals surface area (Å²) in [6.07, 6.45) is 0.913. The van der Waals surface area contributed by atoms with E-state index < -0.39 is 11.9 Å². The summed E-state index contributed by atoms with van der Waals surface area (Å²) < 4.78 is 0. The van der Waals surface area contributed by atoms with Gasteiger partial charge in [-0.15, -0.1) is 0 Å². The van der Waals surface area contributed by atoms with Gasteiger partial charge in [0.25, 0.3) is 0 Å². The number of aryl methyl sites for hydroxylation is 2. The lowest BCUT2D eigenvalue weighted by Crippen LogP contribution is -2.21. The predicted molar refractivity (Wildman–Crippen MR) is 60.0 cm³/mol. The van der Waals surface area contributed by atoms with E-state index in [9.17, 15) is 4.79 Å². The molecule has 0 bridgehead atoms. The zero-order chi connectivity index (χ0) is 11.4. The highest BCUT2D eigenvalue weighted by atomic mass is 16.4. The van der Waals surface area contributed by atoms with Gasteiger partial charge < -0.3 is 10.8 Å². The van der Waals surface area contributed by atoms with Crippen LogP contribution in [0.5, 0.6) is 0 Å². The van der Waals surface area contributed by atoms with Crippen LogP contribution in [0.1, 0.15) is 29.5 Å². The maximum atomic E-state index is 10.9. The molecule has 1 aromatic carbocycles. The molecular weight excluding hydrogens is 190 g/mol. The zero-order valence-corrected chi connectivity index (χ0v) is 9.16. The van der Waals surface area contributed by atoms with E-state index >= 15 is 0 Å². The van der Waals surface area contributed by atoms with Crippen LogP contribution in [0.25, 0.3) is 0 Å². The largest absolute Gasteiger partial charge is 0.481 e. The number of hydrogen-bond acceptors (Lipinski definition) is 2. The Morgan fingerprint density at radius 3 is 2.67 bits per heavy atom. The van der Waals surface area contributed by atoms with Gasteiger partial charge in [-0.05, 0) is 30.0 Å². The molecule has 3 nitrogen and oxygen atoms in total. The summed E-state index contributed by atoms with van der Waals surface area (Å²) in [6.45, 7) is 4.23. The van der Waals surface area contributed by atoms with Crippen LogP contribution >= 0.6 is 0 Å². The summed E-state index contributed by atoms with van der Waals surface area (Å²) >= 11 is 0. The Kier molecular flexibility index (Phi) is 3.86. The summed E-state index contributed by atoms with van der Waals surface area (Å²) in [5.74, 6) is -1.45. The Bertz CT molecular complexity index is 361. The van der Waals surface area contributed by atoms with Crippen molar-refractivity contribution in [3.8, 4) is 0 Å². The van der Waals surface area contributed by atoms with E-state index in [4.69, 9.17) is 10.8 Å². The van der Waals surface area contributed by atoms with Crippen molar-refractivity contribution in [3.05, 3.63) is 34.9 Å². The number of nitrogens with two attached hydrogens (primary N) is 1. The molecule has 1 rings (SSSR count). The van der Waals surface area contributed by atoms with Crippen LogP contribution in [0.4, 0.5) is 0 Å². The van der Waals surface area contributed by atoms with E-state index in [-0.39, 0.29) is 6.54 Å². The first kappa shape index (κ1) is 11.7. The second-order valence-electron chi connectivity index (χ2n) is 3.67. The number of carbonyl (C=O) groups is 1. The van der Waals surface area contributed by atoms with E-state index in [1.165, 1.54) is 11.1 Å². The molecule has 1 unspecified atom stereocenters. The molecule has 0 saturated carbocycles. The van der Waals surface area contributed by atoms with Crippen molar-refractivity contribution in [2.45, 2.75) is 26.2 Å². The van der Waals surface area contributed by atoms with Crippen LogP contribution in [0.15, 0.2) is 18.2 Å². The SMILES string of the molecule is CCc1cc(C(CN)C(=O)O)ccc1C. The average Bonchev–Trinajstić information content (AvgIpc) is 2.21. The van der Waals surface area contributed by atoms with Crippen molar-refractivity contribution in [1.29, 1.82) is 0 Å². The summed E-state index contributed by atoms with van der Waals surface area (Å²) in [7, 11) is 0. The lowest BCUT2D eigenvalue weighted by molar-refractivity contribution is -0.138. The fourth-order valence-corrected chi connectivity index (χ4v) is 1.67. The number of carboxylic acid groups (broad SMARTS) is 1. The van der Waals surface area contributed by atoms with Crippen molar-refractivity contribution in [2.75, 3.05) is 6.54 Å². The Balaban J connectivity index is 3.09. The molecule has 15 heavy (non-hydrogen) atoms. The van der Waals surface area contributed by atoms with Gasteiger partial charge in [-0.1, -0.05) is 25.1 Å². The van der Waals surface area contributed by atoms with E-state index in [1.54, 1.807) is 0 Å². The predicted octanol–water partition coefficient (Wildman–Crippen LogP) is 1.68. The Hall–Kier alpha value is -1.35. The molecule has 0 heterocycles. The third-order valence-electron chi connectivity index (χ3n) is 2.69. The molecule has 0 aliphatic rings. The molecule has 0 radical (unpaired) electrons. The molecular formula is C12H17NO2. The van der Waals surface area contributed by atoms with Gasteiger partial charge in [-0.25, -0.2) is 0 Å². The highest BCUT2D eigenvalue weighted by molar-refractivity contribution is 5.76. The molecule has 82 valence electrons. The Morgan fingerprint density at radius 2 is 2.20 bits per heavy atom. The summed E-state index contributed by atoms with van der Waals surface area (Å²) in [4.78, 5) is 10.9. The second kappa shape index (κ2) is 4.94. The van der Waals surface area contributed by atoms with Crippen molar-refractivity contribution in [3.63, 3.8) is 0 Å². The monoisotopic (exact) mass is 207 g/mol. The van der Waals surface area contributed by atoms with Crippen LogP contribution in [0.2, 0.25) is 0 Å². The van der Waals surface area contributed by atoms with Gasteiger partial charge in [-0.3, -0.25) is 4.79 Å². The lowest BCUT2D eigenvalue weighted by Gasteiger charge is -2.12. The molecule has 0 aromatic heterocycles. The number of rotatable bonds is 4. The fraction of sp³-hybridized carbons (Fsp3) is 0.417. The minimum atomic E-state index is -0.858. The van der Waals surface area contributed by atoms with Gasteiger partial charge in [0, 0.05) is 6.54 Å². The van der Waals surface area contributed by atoms with Crippen molar-refractivity contribution in [2.24, 2.45) is 5.73 Å². The van der Waals surface area contributed by atoms with Crippen molar-refractivity contribution >= 4 is 5.97 Å². The van der Waals surface area contributed by atoms with Gasteiger partial charge >= 0.3 is 5.97 Å². The molecule has 1 aromatic rings. The molecule has 0 aliphatic carbocycles. The lowest BCUT2D eigenvalue weighted by atomic mass is 9.94. The maximum absolute atomic E-state index is 10.9. The summed E-state index contributed by atoms with van der Waals surface area (Å²) in [5.41, 5.74) is 8.64.